The van der Waals surface area contributed by atoms with Crippen LogP contribution < -0.4 is 0 Å². The molecule has 0 heterocycles. The zero-order chi connectivity index (χ0) is 15.4. The van der Waals surface area contributed by atoms with Crippen LogP contribution in [0, 0.1) is 6.92 Å². The lowest BCUT2D eigenvalue weighted by molar-refractivity contribution is -0.136. The molecule has 2 aromatic carbocycles. The van der Waals surface area contributed by atoms with E-state index < -0.39 is 11.2 Å². The summed E-state index contributed by atoms with van der Waals surface area (Å²) in [7, 11) is 0. The molecular weight excluding hydrogens is 327 g/mol. The summed E-state index contributed by atoms with van der Waals surface area (Å²) >= 11 is 13.2. The van der Waals surface area contributed by atoms with Crippen molar-refractivity contribution in [2.75, 3.05) is 0 Å². The average Bonchev–Trinajstić information content (AvgIpc) is 2.44. The van der Waals surface area contributed by atoms with E-state index in [1.165, 1.54) is 11.8 Å². The summed E-state index contributed by atoms with van der Waals surface area (Å²) in [5.41, 5.74) is 2.01. The number of hydrogen-bond acceptors (Lipinski definition) is 2. The Balaban J connectivity index is 2.13. The maximum absolute atomic E-state index is 11.4. The zero-order valence-corrected chi connectivity index (χ0v) is 13.7. The van der Waals surface area contributed by atoms with Crippen molar-refractivity contribution >= 4 is 40.9 Å². The van der Waals surface area contributed by atoms with Crippen molar-refractivity contribution in [3.05, 3.63) is 63.6 Å². The van der Waals surface area contributed by atoms with Gasteiger partial charge in [0.25, 0.3) is 0 Å². The summed E-state index contributed by atoms with van der Waals surface area (Å²) in [5.74, 6) is -0.841. The maximum Gasteiger partial charge on any atom is 0.317 e. The standard InChI is InChI=1S/C16H14Cl2O2S/c1-10-2-5-12(6-3-10)21-15(16(19)20)9-11-4-7-13(17)14(18)8-11/h2-8,15H,9H2,1H3,(H,19,20). The van der Waals surface area contributed by atoms with Gasteiger partial charge in [0.15, 0.2) is 0 Å². The molecule has 0 amide bonds. The Bertz CT molecular complexity index is 641. The molecule has 21 heavy (non-hydrogen) atoms. The van der Waals surface area contributed by atoms with Gasteiger partial charge in [-0.2, -0.15) is 0 Å². The number of carboxylic acid groups (broad SMARTS) is 1. The van der Waals surface area contributed by atoms with Gasteiger partial charge in [0, 0.05) is 4.90 Å². The van der Waals surface area contributed by atoms with Crippen LogP contribution >= 0.6 is 35.0 Å². The van der Waals surface area contributed by atoms with Crippen LogP contribution in [0.3, 0.4) is 0 Å². The predicted octanol–water partition coefficient (Wildman–Crippen LogP) is 5.09. The Morgan fingerprint density at radius 3 is 2.38 bits per heavy atom. The van der Waals surface area contributed by atoms with Crippen molar-refractivity contribution in [2.24, 2.45) is 0 Å². The molecule has 0 aliphatic heterocycles. The highest BCUT2D eigenvalue weighted by Gasteiger charge is 2.20. The summed E-state index contributed by atoms with van der Waals surface area (Å²) in [6, 6.07) is 13.0. The van der Waals surface area contributed by atoms with Crippen molar-refractivity contribution < 1.29 is 9.90 Å². The second kappa shape index (κ2) is 7.21. The van der Waals surface area contributed by atoms with Gasteiger partial charge in [-0.05, 0) is 43.2 Å². The fraction of sp³-hybridized carbons (Fsp3) is 0.188. The van der Waals surface area contributed by atoms with E-state index in [0.29, 0.717) is 16.5 Å². The molecule has 1 N–H and O–H groups in total. The van der Waals surface area contributed by atoms with E-state index in [0.717, 1.165) is 16.0 Å². The fourth-order valence-corrected chi connectivity index (χ4v) is 3.16. The molecule has 2 aromatic rings. The van der Waals surface area contributed by atoms with Gasteiger partial charge < -0.3 is 5.11 Å². The van der Waals surface area contributed by atoms with Crippen LogP contribution in [0.25, 0.3) is 0 Å². The Hall–Kier alpha value is -1.16. The first kappa shape index (κ1) is 16.2. The molecule has 1 unspecified atom stereocenters. The number of aliphatic carboxylic acids is 1. The molecule has 2 rings (SSSR count). The van der Waals surface area contributed by atoms with Gasteiger partial charge in [-0.1, -0.05) is 47.0 Å². The van der Waals surface area contributed by atoms with E-state index in [4.69, 9.17) is 23.2 Å². The van der Waals surface area contributed by atoms with Gasteiger partial charge in [-0.3, -0.25) is 4.79 Å². The number of benzene rings is 2. The summed E-state index contributed by atoms with van der Waals surface area (Å²) in [6.07, 6.45) is 0.394. The average molecular weight is 341 g/mol. The minimum Gasteiger partial charge on any atom is -0.480 e. The number of aryl methyl sites for hydroxylation is 1. The van der Waals surface area contributed by atoms with Crippen LogP contribution in [0.15, 0.2) is 47.4 Å². The third-order valence-electron chi connectivity index (χ3n) is 2.98. The molecule has 110 valence electrons. The van der Waals surface area contributed by atoms with Crippen LogP contribution in [0.4, 0.5) is 0 Å². The summed E-state index contributed by atoms with van der Waals surface area (Å²) in [6.45, 7) is 2.00. The highest BCUT2D eigenvalue weighted by molar-refractivity contribution is 8.00. The first-order chi connectivity index (χ1) is 9.95. The Labute approximate surface area is 138 Å². The number of carboxylic acids is 1. The lowest BCUT2D eigenvalue weighted by atomic mass is 10.1. The topological polar surface area (TPSA) is 37.3 Å². The van der Waals surface area contributed by atoms with Crippen LogP contribution in [0.5, 0.6) is 0 Å². The molecular formula is C16H14Cl2O2S. The summed E-state index contributed by atoms with van der Waals surface area (Å²) in [4.78, 5) is 12.4. The monoisotopic (exact) mass is 340 g/mol. The number of halogens is 2. The maximum atomic E-state index is 11.4. The van der Waals surface area contributed by atoms with Gasteiger partial charge in [0.05, 0.1) is 10.0 Å². The van der Waals surface area contributed by atoms with E-state index in [1.807, 2.05) is 31.2 Å². The molecule has 0 bridgehead atoms. The number of carbonyl (C=O) groups is 1. The van der Waals surface area contributed by atoms with Crippen molar-refractivity contribution in [3.8, 4) is 0 Å². The Kier molecular flexibility index (Phi) is 5.57. The highest BCUT2D eigenvalue weighted by Crippen LogP contribution is 2.29. The first-order valence-electron chi connectivity index (χ1n) is 6.36. The van der Waals surface area contributed by atoms with Gasteiger partial charge >= 0.3 is 5.97 Å². The molecule has 0 spiro atoms. The van der Waals surface area contributed by atoms with Crippen LogP contribution in [0.2, 0.25) is 10.0 Å². The molecule has 0 saturated heterocycles. The van der Waals surface area contributed by atoms with Crippen molar-refractivity contribution in [3.63, 3.8) is 0 Å². The zero-order valence-electron chi connectivity index (χ0n) is 11.3. The second-order valence-electron chi connectivity index (χ2n) is 4.71. The van der Waals surface area contributed by atoms with Crippen LogP contribution in [-0.4, -0.2) is 16.3 Å². The predicted molar refractivity (Wildman–Crippen MR) is 88.6 cm³/mol. The quantitative estimate of drug-likeness (QED) is 0.770. The second-order valence-corrected chi connectivity index (χ2v) is 6.80. The van der Waals surface area contributed by atoms with E-state index >= 15 is 0 Å². The van der Waals surface area contributed by atoms with E-state index in [-0.39, 0.29) is 0 Å². The minimum absolute atomic E-state index is 0.394. The molecule has 1 atom stereocenters. The number of hydrogen-bond donors (Lipinski definition) is 1. The number of thioether (sulfide) groups is 1. The molecule has 0 fully saturated rings. The Morgan fingerprint density at radius 1 is 1.14 bits per heavy atom. The van der Waals surface area contributed by atoms with Crippen molar-refractivity contribution in [1.82, 2.24) is 0 Å². The normalized spacial score (nSPS) is 12.1. The lowest BCUT2D eigenvalue weighted by Gasteiger charge is -2.13. The molecule has 0 aromatic heterocycles. The van der Waals surface area contributed by atoms with Crippen LogP contribution in [0.1, 0.15) is 11.1 Å². The van der Waals surface area contributed by atoms with Gasteiger partial charge in [-0.15, -0.1) is 11.8 Å². The largest absolute Gasteiger partial charge is 0.480 e. The van der Waals surface area contributed by atoms with E-state index in [9.17, 15) is 9.90 Å². The van der Waals surface area contributed by atoms with Crippen molar-refractivity contribution in [1.29, 1.82) is 0 Å². The molecule has 0 aliphatic carbocycles. The van der Waals surface area contributed by atoms with Crippen LogP contribution in [-0.2, 0) is 11.2 Å². The van der Waals surface area contributed by atoms with Gasteiger partial charge in [-0.25, -0.2) is 0 Å². The van der Waals surface area contributed by atoms with Crippen molar-refractivity contribution in [2.45, 2.75) is 23.5 Å². The van der Waals surface area contributed by atoms with Gasteiger partial charge in [0.2, 0.25) is 0 Å². The van der Waals surface area contributed by atoms with Gasteiger partial charge in [0.1, 0.15) is 5.25 Å². The molecule has 5 heteroatoms. The highest BCUT2D eigenvalue weighted by atomic mass is 35.5. The minimum atomic E-state index is -0.841. The summed E-state index contributed by atoms with van der Waals surface area (Å²) in [5, 5.41) is 9.74. The summed E-state index contributed by atoms with van der Waals surface area (Å²) < 4.78 is 0. The van der Waals surface area contributed by atoms with E-state index in [2.05, 4.69) is 0 Å². The van der Waals surface area contributed by atoms with E-state index in [1.54, 1.807) is 18.2 Å². The third kappa shape index (κ3) is 4.67. The fourth-order valence-electron chi connectivity index (χ4n) is 1.84. The molecule has 0 radical (unpaired) electrons. The number of rotatable bonds is 5. The first-order valence-corrected chi connectivity index (χ1v) is 7.99. The molecule has 0 aliphatic rings. The molecule has 2 nitrogen and oxygen atoms in total. The lowest BCUT2D eigenvalue weighted by Crippen LogP contribution is -2.19. The third-order valence-corrected chi connectivity index (χ3v) is 4.92. The SMILES string of the molecule is Cc1ccc(SC(Cc2ccc(Cl)c(Cl)c2)C(=O)O)cc1. The molecule has 0 saturated carbocycles. The smallest absolute Gasteiger partial charge is 0.317 e. The Morgan fingerprint density at radius 2 is 1.81 bits per heavy atom.